The van der Waals surface area contributed by atoms with Gasteiger partial charge in [0.2, 0.25) is 0 Å². The Morgan fingerprint density at radius 1 is 1.29 bits per heavy atom. The van der Waals surface area contributed by atoms with Crippen LogP contribution in [0.4, 0.5) is 5.82 Å². The van der Waals surface area contributed by atoms with E-state index in [9.17, 15) is 0 Å². The maximum absolute atomic E-state index is 4.78. The molecule has 108 valence electrons. The number of benzene rings is 1. The van der Waals surface area contributed by atoms with E-state index in [0.717, 1.165) is 23.3 Å². The lowest BCUT2D eigenvalue weighted by Crippen LogP contribution is -2.33. The van der Waals surface area contributed by atoms with Crippen molar-refractivity contribution in [3.05, 3.63) is 58.7 Å². The number of pyridine rings is 1. The SMILES string of the molecule is CCC(N=C=S)N(Cc1ccc(Br)cc1)c1ccccn1. The molecule has 0 bridgehead atoms. The van der Waals surface area contributed by atoms with Crippen LogP contribution in [-0.4, -0.2) is 16.3 Å². The van der Waals surface area contributed by atoms with Crippen molar-refractivity contribution in [3.63, 3.8) is 0 Å². The van der Waals surface area contributed by atoms with Gasteiger partial charge in [0.1, 0.15) is 12.0 Å². The molecule has 2 aromatic rings. The topological polar surface area (TPSA) is 28.5 Å². The van der Waals surface area contributed by atoms with E-state index in [2.05, 4.69) is 55.0 Å². The molecule has 1 heterocycles. The van der Waals surface area contributed by atoms with Crippen molar-refractivity contribution in [1.82, 2.24) is 4.98 Å². The lowest BCUT2D eigenvalue weighted by molar-refractivity contribution is 0.590. The molecule has 0 saturated carbocycles. The van der Waals surface area contributed by atoms with Crippen molar-refractivity contribution in [1.29, 1.82) is 0 Å². The molecular formula is C16H16BrN3S. The summed E-state index contributed by atoms with van der Waals surface area (Å²) in [5, 5.41) is 2.50. The predicted octanol–water partition coefficient (Wildman–Crippen LogP) is 4.69. The summed E-state index contributed by atoms with van der Waals surface area (Å²) in [5.41, 5.74) is 1.20. The Kier molecular flexibility index (Phi) is 6.05. The summed E-state index contributed by atoms with van der Waals surface area (Å²) < 4.78 is 1.07. The second-order valence-electron chi connectivity index (χ2n) is 4.55. The summed E-state index contributed by atoms with van der Waals surface area (Å²) in [6.07, 6.45) is 2.58. The normalized spacial score (nSPS) is 11.5. The summed E-state index contributed by atoms with van der Waals surface area (Å²) in [7, 11) is 0. The minimum atomic E-state index is -0.0546. The van der Waals surface area contributed by atoms with Crippen molar-refractivity contribution >= 4 is 39.1 Å². The third kappa shape index (κ3) is 4.46. The number of hydrogen-bond donors (Lipinski definition) is 0. The van der Waals surface area contributed by atoms with Gasteiger partial charge in [0.25, 0.3) is 0 Å². The first-order valence-corrected chi connectivity index (χ1v) is 7.93. The average molecular weight is 362 g/mol. The van der Waals surface area contributed by atoms with Gasteiger partial charge in [-0.1, -0.05) is 41.1 Å². The number of aliphatic imine (C=N–C) groups is 1. The number of hydrogen-bond acceptors (Lipinski definition) is 4. The smallest absolute Gasteiger partial charge is 0.132 e. The van der Waals surface area contributed by atoms with Crippen LogP contribution in [0.25, 0.3) is 0 Å². The fraction of sp³-hybridized carbons (Fsp3) is 0.250. The van der Waals surface area contributed by atoms with Gasteiger partial charge in [-0.25, -0.2) is 9.98 Å². The van der Waals surface area contributed by atoms with E-state index in [1.165, 1.54) is 5.56 Å². The molecule has 5 heteroatoms. The van der Waals surface area contributed by atoms with E-state index in [1.807, 2.05) is 30.3 Å². The molecule has 0 fully saturated rings. The van der Waals surface area contributed by atoms with Crippen LogP contribution in [0.5, 0.6) is 0 Å². The average Bonchev–Trinajstić information content (AvgIpc) is 2.53. The van der Waals surface area contributed by atoms with Crippen molar-refractivity contribution in [2.45, 2.75) is 26.1 Å². The first-order chi connectivity index (χ1) is 10.2. The van der Waals surface area contributed by atoms with E-state index in [0.29, 0.717) is 0 Å². The summed E-state index contributed by atoms with van der Waals surface area (Å²) in [5.74, 6) is 0.890. The van der Waals surface area contributed by atoms with E-state index in [1.54, 1.807) is 6.20 Å². The molecule has 0 aliphatic heterocycles. The van der Waals surface area contributed by atoms with Crippen LogP contribution in [-0.2, 0) is 6.54 Å². The predicted molar refractivity (Wildman–Crippen MR) is 93.7 cm³/mol. The second-order valence-corrected chi connectivity index (χ2v) is 5.65. The number of aromatic nitrogens is 1. The minimum Gasteiger partial charge on any atom is -0.329 e. The lowest BCUT2D eigenvalue weighted by Gasteiger charge is -2.28. The van der Waals surface area contributed by atoms with Gasteiger partial charge in [0.15, 0.2) is 0 Å². The number of rotatable bonds is 6. The lowest BCUT2D eigenvalue weighted by atomic mass is 10.2. The minimum absolute atomic E-state index is 0.0546. The van der Waals surface area contributed by atoms with Gasteiger partial charge in [0, 0.05) is 17.2 Å². The van der Waals surface area contributed by atoms with E-state index in [-0.39, 0.29) is 6.17 Å². The maximum atomic E-state index is 4.78. The molecule has 1 aromatic heterocycles. The number of isothiocyanates is 1. The third-order valence-electron chi connectivity index (χ3n) is 3.14. The fourth-order valence-electron chi connectivity index (χ4n) is 2.09. The summed E-state index contributed by atoms with van der Waals surface area (Å²) >= 11 is 8.23. The summed E-state index contributed by atoms with van der Waals surface area (Å²) in [6.45, 7) is 2.81. The zero-order chi connectivity index (χ0) is 15.1. The summed E-state index contributed by atoms with van der Waals surface area (Å²) in [4.78, 5) is 10.9. The Hall–Kier alpha value is -1.55. The van der Waals surface area contributed by atoms with Crippen molar-refractivity contribution in [3.8, 4) is 0 Å². The molecule has 0 spiro atoms. The van der Waals surface area contributed by atoms with Crippen molar-refractivity contribution < 1.29 is 0 Å². The molecule has 0 amide bonds. The van der Waals surface area contributed by atoms with Crippen LogP contribution in [0.3, 0.4) is 0 Å². The molecule has 0 radical (unpaired) electrons. The number of thiocarbonyl (C=S) groups is 1. The molecule has 0 aliphatic carbocycles. The highest BCUT2D eigenvalue weighted by Gasteiger charge is 2.17. The zero-order valence-electron chi connectivity index (χ0n) is 11.7. The molecule has 2 rings (SSSR count). The Morgan fingerprint density at radius 2 is 2.05 bits per heavy atom. The molecule has 3 nitrogen and oxygen atoms in total. The standard InChI is InChI=1S/C16H16BrN3S/c1-2-15(19-12-21)20(16-5-3-4-10-18-16)11-13-6-8-14(17)9-7-13/h3-10,15H,2,11H2,1H3. The van der Waals surface area contributed by atoms with Crippen molar-refractivity contribution in [2.75, 3.05) is 4.90 Å². The van der Waals surface area contributed by atoms with Crippen LogP contribution >= 0.6 is 28.1 Å². The number of nitrogens with zero attached hydrogens (tertiary/aromatic N) is 3. The van der Waals surface area contributed by atoms with Crippen LogP contribution in [0.2, 0.25) is 0 Å². The van der Waals surface area contributed by atoms with Gasteiger partial charge in [-0.2, -0.15) is 0 Å². The first kappa shape index (κ1) is 15.8. The molecule has 0 aliphatic rings. The first-order valence-electron chi connectivity index (χ1n) is 6.73. The Balaban J connectivity index is 2.31. The molecule has 0 saturated heterocycles. The molecule has 0 N–H and O–H groups in total. The van der Waals surface area contributed by atoms with Gasteiger partial charge in [-0.3, -0.25) is 0 Å². The van der Waals surface area contributed by atoms with E-state index in [4.69, 9.17) is 12.2 Å². The Bertz CT molecular complexity index is 609. The third-order valence-corrected chi connectivity index (χ3v) is 3.77. The second kappa shape index (κ2) is 8.03. The van der Waals surface area contributed by atoms with Crippen LogP contribution in [0, 0.1) is 0 Å². The van der Waals surface area contributed by atoms with E-state index < -0.39 is 0 Å². The van der Waals surface area contributed by atoms with Crippen molar-refractivity contribution in [2.24, 2.45) is 4.99 Å². The fourth-order valence-corrected chi connectivity index (χ4v) is 2.48. The number of halogens is 1. The highest BCUT2D eigenvalue weighted by molar-refractivity contribution is 9.10. The van der Waals surface area contributed by atoms with Crippen LogP contribution in [0.15, 0.2) is 58.1 Å². The monoisotopic (exact) mass is 361 g/mol. The molecule has 1 unspecified atom stereocenters. The van der Waals surface area contributed by atoms with Gasteiger partial charge in [0.05, 0.1) is 5.16 Å². The number of anilines is 1. The Labute approximate surface area is 138 Å². The van der Waals surface area contributed by atoms with Gasteiger partial charge < -0.3 is 4.90 Å². The zero-order valence-corrected chi connectivity index (χ0v) is 14.1. The molecule has 21 heavy (non-hydrogen) atoms. The van der Waals surface area contributed by atoms with Gasteiger partial charge >= 0.3 is 0 Å². The largest absolute Gasteiger partial charge is 0.329 e. The molecular weight excluding hydrogens is 346 g/mol. The van der Waals surface area contributed by atoms with Gasteiger partial charge in [-0.05, 0) is 48.5 Å². The highest BCUT2D eigenvalue weighted by Crippen LogP contribution is 2.20. The highest BCUT2D eigenvalue weighted by atomic mass is 79.9. The Morgan fingerprint density at radius 3 is 2.62 bits per heavy atom. The summed E-state index contributed by atoms with van der Waals surface area (Å²) in [6, 6.07) is 14.1. The molecule has 1 aromatic carbocycles. The van der Waals surface area contributed by atoms with E-state index >= 15 is 0 Å². The maximum Gasteiger partial charge on any atom is 0.132 e. The van der Waals surface area contributed by atoms with Crippen LogP contribution in [0.1, 0.15) is 18.9 Å². The van der Waals surface area contributed by atoms with Crippen LogP contribution < -0.4 is 4.90 Å². The molecule has 1 atom stereocenters. The quantitative estimate of drug-likeness (QED) is 0.551. The van der Waals surface area contributed by atoms with Gasteiger partial charge in [-0.15, -0.1) is 0 Å².